The minimum Gasteiger partial charge on any atom is -0.447 e. The van der Waals surface area contributed by atoms with Gasteiger partial charge in [0.1, 0.15) is 11.3 Å². The lowest BCUT2D eigenvalue weighted by atomic mass is 10.2. The Kier molecular flexibility index (Phi) is 22.3. The average molecular weight is 429 g/mol. The van der Waals surface area contributed by atoms with E-state index >= 15 is 0 Å². The Bertz CT molecular complexity index is 543. The van der Waals surface area contributed by atoms with Crippen LogP contribution < -0.4 is 10.6 Å². The van der Waals surface area contributed by atoms with E-state index in [4.69, 9.17) is 4.42 Å². The highest BCUT2D eigenvalue weighted by Crippen LogP contribution is 2.03. The number of thiazole rings is 1. The second-order valence-corrected chi connectivity index (χ2v) is 6.58. The summed E-state index contributed by atoms with van der Waals surface area (Å²) in [4.78, 5) is 30.1. The molecule has 2 amide bonds. The third kappa shape index (κ3) is 16.4. The number of nitrogens with one attached hydrogen (secondary N) is 2. The van der Waals surface area contributed by atoms with Gasteiger partial charge in [0.2, 0.25) is 17.7 Å². The standard InChI is InChI=1S/C8H12N2O2.C8H12N2OS.2C2H6.CH4/c2*1-6(2)8(11)10-5-7-9-3-4-12-7;2*1-2;/h2*3-4,6H,5H2,1-2H3,(H,10,11);2*1-2H3;1H4. The van der Waals surface area contributed by atoms with E-state index in [2.05, 4.69) is 20.6 Å². The SMILES string of the molecule is C.CC.CC.CC(C)C(=O)NCc1ncco1.CC(C)C(=O)NCc1nccs1. The molecule has 168 valence electrons. The third-order valence-corrected chi connectivity index (χ3v) is 3.62. The van der Waals surface area contributed by atoms with Crippen molar-refractivity contribution in [2.75, 3.05) is 0 Å². The Labute approximate surface area is 180 Å². The Morgan fingerprint density at radius 3 is 1.83 bits per heavy atom. The van der Waals surface area contributed by atoms with Crippen LogP contribution in [0.15, 0.2) is 28.5 Å². The molecule has 0 atom stereocenters. The molecule has 2 aromatic heterocycles. The van der Waals surface area contributed by atoms with Crippen LogP contribution in [0.3, 0.4) is 0 Å². The van der Waals surface area contributed by atoms with Gasteiger partial charge in [-0.25, -0.2) is 9.97 Å². The van der Waals surface area contributed by atoms with Gasteiger partial charge in [0.15, 0.2) is 0 Å². The topological polar surface area (TPSA) is 97.1 Å². The molecular formula is C21H40N4O3S. The molecule has 0 radical (unpaired) electrons. The van der Waals surface area contributed by atoms with Crippen molar-refractivity contribution in [3.63, 3.8) is 0 Å². The maximum Gasteiger partial charge on any atom is 0.222 e. The zero-order valence-electron chi connectivity index (χ0n) is 18.4. The molecule has 2 rings (SSSR count). The van der Waals surface area contributed by atoms with Gasteiger partial charge in [0.05, 0.1) is 19.3 Å². The van der Waals surface area contributed by atoms with E-state index < -0.39 is 0 Å². The Hall–Kier alpha value is -2.22. The smallest absolute Gasteiger partial charge is 0.222 e. The lowest BCUT2D eigenvalue weighted by molar-refractivity contribution is -0.124. The van der Waals surface area contributed by atoms with E-state index in [-0.39, 0.29) is 31.1 Å². The van der Waals surface area contributed by atoms with Crippen LogP contribution in [-0.2, 0) is 22.7 Å². The summed E-state index contributed by atoms with van der Waals surface area (Å²) in [6.45, 7) is 16.3. The van der Waals surface area contributed by atoms with Crippen molar-refractivity contribution in [3.8, 4) is 0 Å². The fourth-order valence-electron chi connectivity index (χ4n) is 1.41. The monoisotopic (exact) mass is 428 g/mol. The summed E-state index contributed by atoms with van der Waals surface area (Å²) in [6, 6.07) is 0. The molecule has 29 heavy (non-hydrogen) atoms. The molecule has 2 N–H and O–H groups in total. The van der Waals surface area contributed by atoms with Gasteiger partial charge >= 0.3 is 0 Å². The summed E-state index contributed by atoms with van der Waals surface area (Å²) >= 11 is 1.55. The molecule has 0 aliphatic heterocycles. The van der Waals surface area contributed by atoms with E-state index in [1.807, 2.05) is 60.8 Å². The lowest BCUT2D eigenvalue weighted by Crippen LogP contribution is -2.27. The van der Waals surface area contributed by atoms with Gasteiger partial charge in [-0.05, 0) is 0 Å². The van der Waals surface area contributed by atoms with Crippen LogP contribution in [0, 0.1) is 11.8 Å². The number of rotatable bonds is 6. The van der Waals surface area contributed by atoms with Crippen LogP contribution in [0.25, 0.3) is 0 Å². The molecule has 8 heteroatoms. The first-order valence-electron chi connectivity index (χ1n) is 9.72. The fraction of sp³-hybridized carbons (Fsp3) is 0.619. The highest BCUT2D eigenvalue weighted by atomic mass is 32.1. The van der Waals surface area contributed by atoms with Crippen molar-refractivity contribution in [1.29, 1.82) is 0 Å². The summed E-state index contributed by atoms with van der Waals surface area (Å²) in [6.07, 6.45) is 4.77. The first kappa shape index (κ1) is 31.5. The summed E-state index contributed by atoms with van der Waals surface area (Å²) in [7, 11) is 0. The first-order valence-corrected chi connectivity index (χ1v) is 10.6. The highest BCUT2D eigenvalue weighted by molar-refractivity contribution is 7.09. The van der Waals surface area contributed by atoms with E-state index in [1.165, 1.54) is 6.26 Å². The Morgan fingerprint density at radius 2 is 1.45 bits per heavy atom. The van der Waals surface area contributed by atoms with E-state index in [0.717, 1.165) is 5.01 Å². The van der Waals surface area contributed by atoms with E-state index in [0.29, 0.717) is 19.0 Å². The largest absolute Gasteiger partial charge is 0.447 e. The summed E-state index contributed by atoms with van der Waals surface area (Å²) in [5.41, 5.74) is 0. The van der Waals surface area contributed by atoms with Crippen molar-refractivity contribution in [2.24, 2.45) is 11.8 Å². The molecule has 0 spiro atoms. The lowest BCUT2D eigenvalue weighted by Gasteiger charge is -2.04. The molecule has 0 unspecified atom stereocenters. The quantitative estimate of drug-likeness (QED) is 0.671. The number of carbonyl (C=O) groups is 2. The Balaban J connectivity index is -0.000000386. The maximum absolute atomic E-state index is 11.1. The number of oxazole rings is 1. The van der Waals surface area contributed by atoms with Crippen molar-refractivity contribution in [1.82, 2.24) is 20.6 Å². The molecule has 7 nitrogen and oxygen atoms in total. The van der Waals surface area contributed by atoms with Crippen molar-refractivity contribution >= 4 is 23.2 Å². The number of carbonyl (C=O) groups excluding carboxylic acids is 2. The van der Waals surface area contributed by atoms with E-state index in [9.17, 15) is 9.59 Å². The number of hydrogen-bond donors (Lipinski definition) is 2. The third-order valence-electron chi connectivity index (χ3n) is 2.84. The van der Waals surface area contributed by atoms with Gasteiger partial charge in [0, 0.05) is 23.4 Å². The van der Waals surface area contributed by atoms with Crippen LogP contribution in [-0.4, -0.2) is 21.8 Å². The molecule has 0 fully saturated rings. The number of hydrogen-bond acceptors (Lipinski definition) is 6. The predicted octanol–water partition coefficient (Wildman–Crippen LogP) is 5.05. The molecule has 0 saturated heterocycles. The minimum absolute atomic E-state index is 0. The van der Waals surface area contributed by atoms with Crippen molar-refractivity contribution in [3.05, 3.63) is 34.9 Å². The summed E-state index contributed by atoms with van der Waals surface area (Å²) < 4.78 is 4.94. The second kappa shape index (κ2) is 20.5. The van der Waals surface area contributed by atoms with Gasteiger partial charge in [-0.2, -0.15) is 0 Å². The van der Waals surface area contributed by atoms with Crippen LogP contribution in [0.4, 0.5) is 0 Å². The van der Waals surface area contributed by atoms with E-state index in [1.54, 1.807) is 23.7 Å². The molecule has 2 aromatic rings. The molecular weight excluding hydrogens is 388 g/mol. The van der Waals surface area contributed by atoms with Gasteiger partial charge in [-0.1, -0.05) is 62.8 Å². The second-order valence-electron chi connectivity index (χ2n) is 5.60. The molecule has 0 saturated carbocycles. The van der Waals surface area contributed by atoms with Gasteiger partial charge in [0.25, 0.3) is 0 Å². The summed E-state index contributed by atoms with van der Waals surface area (Å²) in [5, 5.41) is 8.33. The average Bonchev–Trinajstić information content (AvgIpc) is 3.41. The molecule has 0 aliphatic rings. The zero-order chi connectivity index (χ0) is 21.9. The molecule has 0 aliphatic carbocycles. The number of amides is 2. The minimum atomic E-state index is -0.0000350. The van der Waals surface area contributed by atoms with Crippen LogP contribution >= 0.6 is 11.3 Å². The van der Waals surface area contributed by atoms with Gasteiger partial charge < -0.3 is 15.1 Å². The fourth-order valence-corrected chi connectivity index (χ4v) is 1.97. The number of nitrogens with zero attached hydrogens (tertiary/aromatic N) is 2. The molecule has 0 aromatic carbocycles. The van der Waals surface area contributed by atoms with Gasteiger partial charge in [-0.3, -0.25) is 9.59 Å². The van der Waals surface area contributed by atoms with Gasteiger partial charge in [-0.15, -0.1) is 11.3 Å². The number of aromatic nitrogens is 2. The first-order chi connectivity index (χ1) is 13.4. The molecule has 0 bridgehead atoms. The highest BCUT2D eigenvalue weighted by Gasteiger charge is 2.07. The van der Waals surface area contributed by atoms with Crippen LogP contribution in [0.1, 0.15) is 73.7 Å². The van der Waals surface area contributed by atoms with Crippen molar-refractivity contribution in [2.45, 2.75) is 75.9 Å². The predicted molar refractivity (Wildman–Crippen MR) is 121 cm³/mol. The summed E-state index contributed by atoms with van der Waals surface area (Å²) in [5.74, 6) is 0.660. The Morgan fingerprint density at radius 1 is 0.931 bits per heavy atom. The van der Waals surface area contributed by atoms with Crippen LogP contribution in [0.2, 0.25) is 0 Å². The zero-order valence-corrected chi connectivity index (χ0v) is 19.2. The van der Waals surface area contributed by atoms with Crippen LogP contribution in [0.5, 0.6) is 0 Å². The van der Waals surface area contributed by atoms with Crippen molar-refractivity contribution < 1.29 is 14.0 Å². The maximum atomic E-state index is 11.1. The molecule has 2 heterocycles. The normalized spacial score (nSPS) is 8.90.